The Labute approximate surface area is 176 Å². The second-order valence-electron chi connectivity index (χ2n) is 8.15. The topological polar surface area (TPSA) is 83.8 Å². The van der Waals surface area contributed by atoms with Gasteiger partial charge in [-0.2, -0.15) is 0 Å². The van der Waals surface area contributed by atoms with Crippen molar-refractivity contribution in [1.29, 1.82) is 0 Å². The van der Waals surface area contributed by atoms with Gasteiger partial charge in [-0.3, -0.25) is 14.5 Å². The van der Waals surface area contributed by atoms with Crippen LogP contribution in [0.5, 0.6) is 0 Å². The zero-order valence-electron chi connectivity index (χ0n) is 17.1. The number of hydrogen-bond donors (Lipinski definition) is 2. The molecule has 2 N–H and O–H groups in total. The molecule has 0 spiro atoms. The fourth-order valence-electron chi connectivity index (χ4n) is 4.43. The number of amides is 2. The molecule has 160 valence electrons. The maximum atomic E-state index is 12.9. The molecule has 0 radical (unpaired) electrons. The van der Waals surface area contributed by atoms with E-state index in [-0.39, 0.29) is 23.7 Å². The molecule has 2 aliphatic rings. The van der Waals surface area contributed by atoms with E-state index in [1.807, 2.05) is 29.2 Å². The van der Waals surface area contributed by atoms with E-state index in [9.17, 15) is 9.59 Å². The normalized spacial score (nSPS) is 21.7. The summed E-state index contributed by atoms with van der Waals surface area (Å²) in [7, 11) is 0. The van der Waals surface area contributed by atoms with Gasteiger partial charge in [-0.1, -0.05) is 30.3 Å². The summed E-state index contributed by atoms with van der Waals surface area (Å²) in [5, 5.41) is 6.00. The first-order valence-electron chi connectivity index (χ1n) is 10.6. The molecule has 3 heterocycles. The number of rotatable bonds is 7. The lowest BCUT2D eigenvalue weighted by molar-refractivity contribution is -0.134. The monoisotopic (exact) mass is 411 g/mol. The van der Waals surface area contributed by atoms with Crippen molar-refractivity contribution in [2.24, 2.45) is 0 Å². The van der Waals surface area contributed by atoms with Crippen molar-refractivity contribution in [2.45, 2.75) is 37.3 Å². The maximum Gasteiger partial charge on any atom is 0.237 e. The summed E-state index contributed by atoms with van der Waals surface area (Å²) in [6.45, 7) is 3.82. The molecule has 0 unspecified atom stereocenters. The van der Waals surface area contributed by atoms with Crippen LogP contribution in [0.1, 0.15) is 30.4 Å². The minimum Gasteiger partial charge on any atom is -0.472 e. The van der Waals surface area contributed by atoms with E-state index in [4.69, 9.17) is 9.15 Å². The molecule has 1 atom stereocenters. The number of benzene rings is 1. The van der Waals surface area contributed by atoms with Crippen LogP contribution in [0.2, 0.25) is 0 Å². The van der Waals surface area contributed by atoms with Crippen LogP contribution in [0.15, 0.2) is 53.3 Å². The Kier molecular flexibility index (Phi) is 6.50. The number of carbonyl (C=O) groups is 2. The summed E-state index contributed by atoms with van der Waals surface area (Å²) in [5.41, 5.74) is 2.10. The maximum absolute atomic E-state index is 12.9. The third kappa shape index (κ3) is 4.74. The smallest absolute Gasteiger partial charge is 0.237 e. The van der Waals surface area contributed by atoms with Gasteiger partial charge in [0.15, 0.2) is 0 Å². The molecule has 0 saturated carbocycles. The second kappa shape index (κ2) is 9.45. The van der Waals surface area contributed by atoms with Gasteiger partial charge in [0.05, 0.1) is 25.0 Å². The van der Waals surface area contributed by atoms with E-state index < -0.39 is 6.04 Å². The van der Waals surface area contributed by atoms with E-state index in [0.717, 1.165) is 18.4 Å². The van der Waals surface area contributed by atoms with Gasteiger partial charge >= 0.3 is 0 Å². The molecule has 30 heavy (non-hydrogen) atoms. The van der Waals surface area contributed by atoms with E-state index >= 15 is 0 Å². The minimum atomic E-state index is -0.476. The molecule has 4 rings (SSSR count). The Bertz CT molecular complexity index is 831. The van der Waals surface area contributed by atoms with Crippen LogP contribution in [0, 0.1) is 0 Å². The highest BCUT2D eigenvalue weighted by Crippen LogP contribution is 2.34. The van der Waals surface area contributed by atoms with Gasteiger partial charge in [-0.05, 0) is 24.5 Å². The molecule has 7 nitrogen and oxygen atoms in total. The molecule has 7 heteroatoms. The first-order chi connectivity index (χ1) is 14.7. The summed E-state index contributed by atoms with van der Waals surface area (Å²) in [6, 6.07) is 11.7. The van der Waals surface area contributed by atoms with E-state index in [1.54, 1.807) is 12.5 Å². The molecule has 2 saturated heterocycles. The number of carbonyl (C=O) groups excluding carboxylic acids is 2. The summed E-state index contributed by atoms with van der Waals surface area (Å²) < 4.78 is 10.7. The lowest BCUT2D eigenvalue weighted by Crippen LogP contribution is -2.56. The highest BCUT2D eigenvalue weighted by atomic mass is 16.5. The number of nitrogens with zero attached hydrogens (tertiary/aromatic N) is 1. The Morgan fingerprint density at radius 3 is 2.73 bits per heavy atom. The Morgan fingerprint density at radius 2 is 2.00 bits per heavy atom. The zero-order chi connectivity index (χ0) is 20.8. The first-order valence-corrected chi connectivity index (χ1v) is 10.6. The molecule has 1 aromatic carbocycles. The first kappa shape index (κ1) is 20.6. The van der Waals surface area contributed by atoms with Gasteiger partial charge in [0.2, 0.25) is 11.8 Å². The SMILES string of the molecule is O=C(C[C@H]1C(=O)NCCN1Cc1ccoc1)NCC1(c2ccccc2)CCOCC1. The molecule has 0 aliphatic carbocycles. The van der Waals surface area contributed by atoms with E-state index in [1.165, 1.54) is 5.56 Å². The molecule has 2 aromatic rings. The average Bonchev–Trinajstić information content (AvgIpc) is 3.29. The van der Waals surface area contributed by atoms with Crippen LogP contribution in [-0.2, 0) is 26.3 Å². The number of nitrogens with one attached hydrogen (secondary N) is 2. The Morgan fingerprint density at radius 1 is 1.20 bits per heavy atom. The number of piperazine rings is 1. The Balaban J connectivity index is 1.40. The van der Waals surface area contributed by atoms with Gasteiger partial charge in [0, 0.05) is 50.4 Å². The average molecular weight is 412 g/mol. The van der Waals surface area contributed by atoms with Crippen LogP contribution >= 0.6 is 0 Å². The summed E-state index contributed by atoms with van der Waals surface area (Å²) in [6.07, 6.45) is 5.18. The third-order valence-electron chi connectivity index (χ3n) is 6.25. The van der Waals surface area contributed by atoms with Crippen molar-refractivity contribution in [3.63, 3.8) is 0 Å². The predicted molar refractivity (Wildman–Crippen MR) is 112 cm³/mol. The van der Waals surface area contributed by atoms with Crippen LogP contribution < -0.4 is 10.6 Å². The third-order valence-corrected chi connectivity index (χ3v) is 6.25. The van der Waals surface area contributed by atoms with E-state index in [2.05, 4.69) is 22.8 Å². The van der Waals surface area contributed by atoms with Crippen LogP contribution in [0.25, 0.3) is 0 Å². The van der Waals surface area contributed by atoms with Gasteiger partial charge in [0.1, 0.15) is 0 Å². The summed E-state index contributed by atoms with van der Waals surface area (Å²) in [4.78, 5) is 27.4. The van der Waals surface area contributed by atoms with E-state index in [0.29, 0.717) is 39.4 Å². The number of ether oxygens (including phenoxy) is 1. The van der Waals surface area contributed by atoms with Crippen LogP contribution in [-0.4, -0.2) is 55.6 Å². The summed E-state index contributed by atoms with van der Waals surface area (Å²) in [5.74, 6) is -0.195. The second-order valence-corrected chi connectivity index (χ2v) is 8.15. The lowest BCUT2D eigenvalue weighted by atomic mass is 9.74. The predicted octanol–water partition coefficient (Wildman–Crippen LogP) is 1.83. The van der Waals surface area contributed by atoms with Crippen molar-refractivity contribution >= 4 is 11.8 Å². The molecule has 2 aliphatic heterocycles. The van der Waals surface area contributed by atoms with Crippen molar-refractivity contribution in [2.75, 3.05) is 32.8 Å². The van der Waals surface area contributed by atoms with Crippen LogP contribution in [0.3, 0.4) is 0 Å². The largest absolute Gasteiger partial charge is 0.472 e. The molecular weight excluding hydrogens is 382 g/mol. The highest BCUT2D eigenvalue weighted by Gasteiger charge is 2.36. The van der Waals surface area contributed by atoms with Crippen molar-refractivity contribution in [3.8, 4) is 0 Å². The lowest BCUT2D eigenvalue weighted by Gasteiger charge is -2.38. The van der Waals surface area contributed by atoms with Crippen molar-refractivity contribution in [3.05, 3.63) is 60.1 Å². The zero-order valence-corrected chi connectivity index (χ0v) is 17.1. The van der Waals surface area contributed by atoms with Gasteiger partial charge in [-0.25, -0.2) is 0 Å². The number of hydrogen-bond acceptors (Lipinski definition) is 5. The molecule has 0 bridgehead atoms. The fourth-order valence-corrected chi connectivity index (χ4v) is 4.43. The quantitative estimate of drug-likeness (QED) is 0.726. The molecule has 2 fully saturated rings. The van der Waals surface area contributed by atoms with Crippen molar-refractivity contribution < 1.29 is 18.7 Å². The van der Waals surface area contributed by atoms with Gasteiger partial charge in [0.25, 0.3) is 0 Å². The highest BCUT2D eigenvalue weighted by molar-refractivity contribution is 5.88. The standard InChI is InChI=1S/C23H29N3O4/c27-21(14-20-22(28)24-9-10-26(20)15-18-6-11-30-16-18)25-17-23(7-12-29-13-8-23)19-4-2-1-3-5-19/h1-6,11,16,20H,7-10,12-15,17H2,(H,24,28)(H,25,27)/t20-/m0/s1. The van der Waals surface area contributed by atoms with Crippen LogP contribution in [0.4, 0.5) is 0 Å². The Hall–Kier alpha value is -2.64. The van der Waals surface area contributed by atoms with Gasteiger partial charge < -0.3 is 19.8 Å². The summed E-state index contributed by atoms with van der Waals surface area (Å²) >= 11 is 0. The fraction of sp³-hybridized carbons (Fsp3) is 0.478. The van der Waals surface area contributed by atoms with Gasteiger partial charge in [-0.15, -0.1) is 0 Å². The molecule has 1 aromatic heterocycles. The number of furan rings is 1. The van der Waals surface area contributed by atoms with Crippen molar-refractivity contribution in [1.82, 2.24) is 15.5 Å². The minimum absolute atomic E-state index is 0.0938. The molecule has 2 amide bonds. The molecular formula is C23H29N3O4.